The van der Waals surface area contributed by atoms with E-state index in [0.29, 0.717) is 12.4 Å². The Morgan fingerprint density at radius 1 is 1.47 bits per heavy atom. The summed E-state index contributed by atoms with van der Waals surface area (Å²) >= 11 is 1.68. The van der Waals surface area contributed by atoms with Crippen LogP contribution in [0.5, 0.6) is 0 Å². The second kappa shape index (κ2) is 5.83. The van der Waals surface area contributed by atoms with Crippen LogP contribution in [0.2, 0.25) is 0 Å². The van der Waals surface area contributed by atoms with Crippen molar-refractivity contribution in [2.75, 3.05) is 13.3 Å². The molecule has 6 nitrogen and oxygen atoms in total. The second-order valence-electron chi connectivity index (χ2n) is 3.79. The molecule has 0 amide bonds. The average molecular weight is 253 g/mol. The Bertz CT molecular complexity index is 441. The normalized spacial score (nSPS) is 11.2. The van der Waals surface area contributed by atoms with Crippen molar-refractivity contribution in [3.05, 3.63) is 29.7 Å². The smallest absolute Gasteiger partial charge is 0.240 e. The van der Waals surface area contributed by atoms with E-state index >= 15 is 0 Å². The van der Waals surface area contributed by atoms with Crippen LogP contribution in [0.3, 0.4) is 0 Å². The number of hydrogen-bond acceptors (Lipinski definition) is 6. The van der Waals surface area contributed by atoms with Crippen LogP contribution in [0.1, 0.15) is 17.4 Å². The highest BCUT2D eigenvalue weighted by Crippen LogP contribution is 2.08. The fraction of sp³-hybridized carbons (Fsp3) is 0.500. The van der Waals surface area contributed by atoms with Gasteiger partial charge in [0, 0.05) is 18.4 Å². The van der Waals surface area contributed by atoms with E-state index in [-0.39, 0.29) is 0 Å². The van der Waals surface area contributed by atoms with Gasteiger partial charge in [-0.05, 0) is 19.4 Å². The summed E-state index contributed by atoms with van der Waals surface area (Å²) in [6.07, 6.45) is 3.76. The molecule has 0 aliphatic rings. The number of rotatable bonds is 6. The van der Waals surface area contributed by atoms with Gasteiger partial charge in [-0.2, -0.15) is 21.8 Å². The standard InChI is InChI=1S/C10H15N5OS/c1-15(5-8-3-4-11-13-8)6-10-12-9(7-17-2)14-16-10/h3-4H,5-7H2,1-2H3,(H,11,13). The Balaban J connectivity index is 1.86. The Hall–Kier alpha value is -1.34. The Kier molecular flexibility index (Phi) is 4.16. The topological polar surface area (TPSA) is 70.8 Å². The summed E-state index contributed by atoms with van der Waals surface area (Å²) in [6.45, 7) is 1.42. The van der Waals surface area contributed by atoms with Crippen LogP contribution in [0.4, 0.5) is 0 Å². The van der Waals surface area contributed by atoms with Crippen LogP contribution in [-0.4, -0.2) is 38.5 Å². The third-order valence-electron chi connectivity index (χ3n) is 2.19. The molecule has 0 aromatic carbocycles. The molecule has 0 aliphatic heterocycles. The molecule has 0 atom stereocenters. The molecule has 0 radical (unpaired) electrons. The van der Waals surface area contributed by atoms with Crippen LogP contribution in [0, 0.1) is 0 Å². The van der Waals surface area contributed by atoms with Crippen molar-refractivity contribution < 1.29 is 4.52 Å². The van der Waals surface area contributed by atoms with Gasteiger partial charge in [0.2, 0.25) is 5.89 Å². The first-order valence-corrected chi connectivity index (χ1v) is 6.64. The van der Waals surface area contributed by atoms with Crippen molar-refractivity contribution in [3.63, 3.8) is 0 Å². The van der Waals surface area contributed by atoms with Gasteiger partial charge < -0.3 is 4.52 Å². The van der Waals surface area contributed by atoms with Crippen LogP contribution < -0.4 is 0 Å². The lowest BCUT2D eigenvalue weighted by molar-refractivity contribution is 0.258. The number of nitrogens with zero attached hydrogens (tertiary/aromatic N) is 4. The molecule has 2 aromatic rings. The van der Waals surface area contributed by atoms with Crippen molar-refractivity contribution in [3.8, 4) is 0 Å². The van der Waals surface area contributed by atoms with Gasteiger partial charge >= 0.3 is 0 Å². The van der Waals surface area contributed by atoms with Gasteiger partial charge in [0.1, 0.15) is 0 Å². The minimum atomic E-state index is 0.639. The van der Waals surface area contributed by atoms with Crippen molar-refractivity contribution in [2.45, 2.75) is 18.8 Å². The lowest BCUT2D eigenvalue weighted by Gasteiger charge is -2.11. The van der Waals surface area contributed by atoms with Gasteiger partial charge in [0.05, 0.1) is 12.3 Å². The maximum atomic E-state index is 5.17. The molecule has 2 heterocycles. The highest BCUT2D eigenvalue weighted by Gasteiger charge is 2.09. The summed E-state index contributed by atoms with van der Waals surface area (Å²) in [5, 5.41) is 10.7. The molecular formula is C10H15N5OS. The predicted octanol–water partition coefficient (Wildman–Crippen LogP) is 1.29. The molecule has 2 rings (SSSR count). The Morgan fingerprint density at radius 3 is 3.06 bits per heavy atom. The van der Waals surface area contributed by atoms with E-state index in [1.807, 2.05) is 19.4 Å². The van der Waals surface area contributed by atoms with E-state index in [1.54, 1.807) is 18.0 Å². The van der Waals surface area contributed by atoms with Crippen LogP contribution in [0.25, 0.3) is 0 Å². The summed E-state index contributed by atoms with van der Waals surface area (Å²) in [7, 11) is 2.00. The Morgan fingerprint density at radius 2 is 2.35 bits per heavy atom. The molecule has 1 N–H and O–H groups in total. The molecule has 0 saturated carbocycles. The van der Waals surface area contributed by atoms with Crippen molar-refractivity contribution >= 4 is 11.8 Å². The van der Waals surface area contributed by atoms with Gasteiger partial charge in [-0.1, -0.05) is 5.16 Å². The van der Waals surface area contributed by atoms with Gasteiger partial charge in [0.25, 0.3) is 0 Å². The van der Waals surface area contributed by atoms with Crippen LogP contribution in [0.15, 0.2) is 16.8 Å². The molecule has 7 heteroatoms. The molecule has 17 heavy (non-hydrogen) atoms. The first kappa shape index (κ1) is 12.1. The number of H-pyrrole nitrogens is 1. The maximum Gasteiger partial charge on any atom is 0.240 e. The molecule has 0 spiro atoms. The molecule has 0 bridgehead atoms. The summed E-state index contributed by atoms with van der Waals surface area (Å²) in [6, 6.07) is 1.95. The highest BCUT2D eigenvalue weighted by atomic mass is 32.2. The average Bonchev–Trinajstić information content (AvgIpc) is 2.91. The summed E-state index contributed by atoms with van der Waals surface area (Å²) < 4.78 is 5.17. The lowest BCUT2D eigenvalue weighted by atomic mass is 10.4. The van der Waals surface area contributed by atoms with Crippen LogP contribution in [-0.2, 0) is 18.8 Å². The Labute approximate surface area is 104 Å². The third kappa shape index (κ3) is 3.57. The molecule has 0 aliphatic carbocycles. The SMILES string of the molecule is CSCc1noc(CN(C)Cc2ccn[nH]2)n1. The third-order valence-corrected chi connectivity index (χ3v) is 2.73. The predicted molar refractivity (Wildman–Crippen MR) is 65.3 cm³/mol. The van der Waals surface area contributed by atoms with Gasteiger partial charge in [-0.25, -0.2) is 0 Å². The zero-order valence-electron chi connectivity index (χ0n) is 9.88. The van der Waals surface area contributed by atoms with E-state index < -0.39 is 0 Å². The van der Waals surface area contributed by atoms with Crippen molar-refractivity contribution in [1.82, 2.24) is 25.2 Å². The van der Waals surface area contributed by atoms with E-state index in [9.17, 15) is 0 Å². The maximum absolute atomic E-state index is 5.17. The largest absolute Gasteiger partial charge is 0.338 e. The van der Waals surface area contributed by atoms with Crippen LogP contribution >= 0.6 is 11.8 Å². The van der Waals surface area contributed by atoms with E-state index in [0.717, 1.165) is 23.8 Å². The highest BCUT2D eigenvalue weighted by molar-refractivity contribution is 7.97. The fourth-order valence-electron chi connectivity index (χ4n) is 1.49. The fourth-order valence-corrected chi connectivity index (χ4v) is 1.87. The first-order chi connectivity index (χ1) is 8.28. The van der Waals surface area contributed by atoms with Crippen molar-refractivity contribution in [1.29, 1.82) is 0 Å². The summed E-state index contributed by atoms with van der Waals surface area (Å²) in [4.78, 5) is 6.39. The quantitative estimate of drug-likeness (QED) is 0.836. The minimum absolute atomic E-state index is 0.639. The number of aromatic nitrogens is 4. The van der Waals surface area contributed by atoms with Gasteiger partial charge in [-0.15, -0.1) is 0 Å². The lowest BCUT2D eigenvalue weighted by Crippen LogP contribution is -2.17. The van der Waals surface area contributed by atoms with Gasteiger partial charge in [0.15, 0.2) is 5.82 Å². The number of hydrogen-bond donors (Lipinski definition) is 1. The molecule has 0 unspecified atom stereocenters. The number of aromatic amines is 1. The van der Waals surface area contributed by atoms with E-state index in [4.69, 9.17) is 4.52 Å². The minimum Gasteiger partial charge on any atom is -0.338 e. The zero-order chi connectivity index (χ0) is 12.1. The van der Waals surface area contributed by atoms with Crippen molar-refractivity contribution in [2.24, 2.45) is 0 Å². The second-order valence-corrected chi connectivity index (χ2v) is 4.66. The number of thioether (sulfide) groups is 1. The number of nitrogens with one attached hydrogen (secondary N) is 1. The molecular weight excluding hydrogens is 238 g/mol. The van der Waals surface area contributed by atoms with E-state index in [1.165, 1.54) is 0 Å². The molecule has 0 fully saturated rings. The zero-order valence-corrected chi connectivity index (χ0v) is 10.7. The summed E-state index contributed by atoms with van der Waals surface area (Å²) in [5.74, 6) is 2.19. The molecule has 2 aromatic heterocycles. The molecule has 0 saturated heterocycles. The van der Waals surface area contributed by atoms with Gasteiger partial charge in [-0.3, -0.25) is 10.00 Å². The molecule has 92 valence electrons. The van der Waals surface area contributed by atoms with E-state index in [2.05, 4.69) is 25.2 Å². The monoisotopic (exact) mass is 253 g/mol. The summed E-state index contributed by atoms with van der Waals surface area (Å²) in [5.41, 5.74) is 1.07. The first-order valence-electron chi connectivity index (χ1n) is 5.25.